The topological polar surface area (TPSA) is 115 Å². The number of rotatable bonds is 4. The Morgan fingerprint density at radius 2 is 1.68 bits per heavy atom. The minimum Gasteiger partial charge on any atom is -0.504 e. The molecule has 0 radical (unpaired) electrons. The molecule has 0 atom stereocenters. The molecular weight excluding hydrogens is 288 g/mol. The maximum Gasteiger partial charge on any atom is 0.330 e. The molecule has 0 saturated heterocycles. The number of phenols is 2. The highest BCUT2D eigenvalue weighted by molar-refractivity contribution is 5.84. The number of carboxylic acids is 2. The molecule has 22 heavy (non-hydrogen) atoms. The van der Waals surface area contributed by atoms with Gasteiger partial charge >= 0.3 is 11.9 Å². The Kier molecular flexibility index (Phi) is 11.8. The van der Waals surface area contributed by atoms with Crippen LogP contribution in [0.3, 0.4) is 0 Å². The van der Waals surface area contributed by atoms with E-state index in [-0.39, 0.29) is 17.1 Å². The molecule has 0 heterocycles. The van der Waals surface area contributed by atoms with Crippen molar-refractivity contribution >= 4 is 11.9 Å². The first-order valence-corrected chi connectivity index (χ1v) is 6.41. The van der Waals surface area contributed by atoms with Crippen LogP contribution in [0.25, 0.3) is 0 Å². The van der Waals surface area contributed by atoms with Crippen molar-refractivity contribution in [1.82, 2.24) is 0 Å². The number of phenolic OH excluding ortho intramolecular Hbond substituents is 2. The van der Waals surface area contributed by atoms with Crippen molar-refractivity contribution in [3.8, 4) is 11.5 Å². The van der Waals surface area contributed by atoms with Gasteiger partial charge in [0, 0.05) is 11.6 Å². The molecule has 0 aliphatic heterocycles. The van der Waals surface area contributed by atoms with Gasteiger partial charge in [-0.2, -0.15) is 0 Å². The zero-order valence-electron chi connectivity index (χ0n) is 12.7. The zero-order chi connectivity index (χ0) is 17.7. The number of aliphatic carboxylic acids is 2. The number of carboxylic acid groups (broad SMARTS) is 2. The van der Waals surface area contributed by atoms with E-state index in [1.54, 1.807) is 6.07 Å². The van der Waals surface area contributed by atoms with Crippen LogP contribution in [0.5, 0.6) is 11.5 Å². The highest BCUT2D eigenvalue weighted by Gasteiger charge is 2.02. The summed E-state index contributed by atoms with van der Waals surface area (Å²) in [5, 5.41) is 33.9. The first kappa shape index (κ1) is 21.5. The van der Waals surface area contributed by atoms with Crippen LogP contribution in [0.1, 0.15) is 25.8 Å². The first-order valence-electron chi connectivity index (χ1n) is 6.41. The van der Waals surface area contributed by atoms with Gasteiger partial charge in [0.2, 0.25) is 0 Å². The fourth-order valence-corrected chi connectivity index (χ4v) is 1.05. The number of aromatic hydroxyl groups is 2. The molecule has 4 N–H and O–H groups in total. The summed E-state index contributed by atoms with van der Waals surface area (Å²) in [4.78, 5) is 18.8. The van der Waals surface area contributed by atoms with Crippen LogP contribution < -0.4 is 0 Å². The first-order chi connectivity index (χ1) is 10.2. The lowest BCUT2D eigenvalue weighted by Gasteiger charge is -2.03. The van der Waals surface area contributed by atoms with Crippen LogP contribution >= 0.6 is 0 Å². The van der Waals surface area contributed by atoms with Crippen molar-refractivity contribution in [1.29, 1.82) is 0 Å². The molecule has 0 saturated carbocycles. The fourth-order valence-electron chi connectivity index (χ4n) is 1.05. The Balaban J connectivity index is 0. The lowest BCUT2D eigenvalue weighted by atomic mass is 10.1. The molecule has 6 heteroatoms. The summed E-state index contributed by atoms with van der Waals surface area (Å²) in [5.41, 5.74) is 0.988. The van der Waals surface area contributed by atoms with Crippen molar-refractivity contribution in [2.45, 2.75) is 26.7 Å². The summed E-state index contributed by atoms with van der Waals surface area (Å²) in [5.74, 6) is -1.93. The van der Waals surface area contributed by atoms with Crippen LogP contribution in [0.4, 0.5) is 0 Å². The maximum absolute atomic E-state index is 9.60. The molecule has 0 spiro atoms. The Hall–Kier alpha value is -2.76. The Morgan fingerprint density at radius 3 is 2.00 bits per heavy atom. The summed E-state index contributed by atoms with van der Waals surface area (Å²) in [6.07, 6.45) is 2.61. The summed E-state index contributed by atoms with van der Waals surface area (Å²) >= 11 is 0. The highest BCUT2D eigenvalue weighted by Crippen LogP contribution is 2.28. The largest absolute Gasteiger partial charge is 0.504 e. The summed E-state index contributed by atoms with van der Waals surface area (Å²) in [6, 6.07) is 5.03. The van der Waals surface area contributed by atoms with E-state index in [2.05, 4.69) is 13.2 Å². The smallest absolute Gasteiger partial charge is 0.330 e. The number of benzene rings is 1. The van der Waals surface area contributed by atoms with Gasteiger partial charge < -0.3 is 20.4 Å². The monoisotopic (exact) mass is 310 g/mol. The molecule has 0 aliphatic rings. The van der Waals surface area contributed by atoms with Crippen molar-refractivity contribution in [2.75, 3.05) is 0 Å². The van der Waals surface area contributed by atoms with Crippen LogP contribution in [-0.4, -0.2) is 32.4 Å². The number of aryl methyl sites for hydroxylation is 1. The molecule has 0 unspecified atom stereocenters. The molecule has 1 rings (SSSR count). The zero-order valence-corrected chi connectivity index (χ0v) is 12.7. The van der Waals surface area contributed by atoms with Gasteiger partial charge in [-0.3, -0.25) is 0 Å². The quantitative estimate of drug-likeness (QED) is 0.502. The third-order valence-corrected chi connectivity index (χ3v) is 2.16. The van der Waals surface area contributed by atoms with Gasteiger partial charge in [0.1, 0.15) is 0 Å². The molecule has 0 amide bonds. The lowest BCUT2D eigenvalue weighted by molar-refractivity contribution is -0.133. The van der Waals surface area contributed by atoms with E-state index in [4.69, 9.17) is 15.3 Å². The van der Waals surface area contributed by atoms with Gasteiger partial charge in [-0.25, -0.2) is 9.59 Å². The van der Waals surface area contributed by atoms with E-state index in [9.17, 15) is 14.7 Å². The fraction of sp³-hybridized carbons (Fsp3) is 0.250. The van der Waals surface area contributed by atoms with Crippen LogP contribution in [0, 0.1) is 0 Å². The Bertz CT molecular complexity index is 507. The van der Waals surface area contributed by atoms with E-state index < -0.39 is 11.9 Å². The Morgan fingerprint density at radius 1 is 1.23 bits per heavy atom. The highest BCUT2D eigenvalue weighted by atomic mass is 16.4. The summed E-state index contributed by atoms with van der Waals surface area (Å²) < 4.78 is 0. The molecule has 1 aromatic rings. The van der Waals surface area contributed by atoms with Crippen LogP contribution in [-0.2, 0) is 16.0 Å². The van der Waals surface area contributed by atoms with E-state index in [0.29, 0.717) is 0 Å². The van der Waals surface area contributed by atoms with E-state index in [0.717, 1.165) is 24.5 Å². The summed E-state index contributed by atoms with van der Waals surface area (Å²) in [7, 11) is 0. The number of hydrogen-bond acceptors (Lipinski definition) is 4. The van der Waals surface area contributed by atoms with Crippen LogP contribution in [0.15, 0.2) is 43.0 Å². The minimum absolute atomic E-state index is 0.0225. The normalized spacial score (nSPS) is 8.45. The number of para-hydroxylation sites is 1. The van der Waals surface area contributed by atoms with Gasteiger partial charge in [0.25, 0.3) is 0 Å². The van der Waals surface area contributed by atoms with Crippen molar-refractivity contribution in [3.63, 3.8) is 0 Å². The van der Waals surface area contributed by atoms with Gasteiger partial charge in [0.05, 0.1) is 0 Å². The lowest BCUT2D eigenvalue weighted by Crippen LogP contribution is -1.92. The summed E-state index contributed by atoms with van der Waals surface area (Å²) in [6.45, 7) is 9.59. The predicted octanol–water partition coefficient (Wildman–Crippen LogP) is 2.95. The van der Waals surface area contributed by atoms with Gasteiger partial charge in [-0.05, 0) is 25.0 Å². The van der Waals surface area contributed by atoms with E-state index in [1.165, 1.54) is 13.0 Å². The molecule has 0 aromatic heterocycles. The van der Waals surface area contributed by atoms with Gasteiger partial charge in [-0.15, -0.1) is 0 Å². The number of carbonyl (C=O) groups is 2. The average Bonchev–Trinajstić information content (AvgIpc) is 2.45. The molecule has 0 bridgehead atoms. The second kappa shape index (κ2) is 12.0. The predicted molar refractivity (Wildman–Crippen MR) is 84.0 cm³/mol. The third-order valence-electron chi connectivity index (χ3n) is 2.16. The van der Waals surface area contributed by atoms with Crippen molar-refractivity contribution in [2.24, 2.45) is 0 Å². The standard InChI is InChI=1S/C9H12O2.C4H6O2.C3H4O2/c1-2-4-7-5-3-6-8(10)9(7)11;1-3(2)4(5)6;1-2-3(4)5/h3,5-6,10-11H,2,4H2,1H3;1H2,2H3,(H,5,6);2H,1H2,(H,4,5). The average molecular weight is 310 g/mol. The minimum atomic E-state index is -0.981. The second-order valence-corrected chi connectivity index (χ2v) is 4.16. The number of hydrogen-bond donors (Lipinski definition) is 4. The van der Waals surface area contributed by atoms with E-state index in [1.807, 2.05) is 13.0 Å². The van der Waals surface area contributed by atoms with Gasteiger partial charge in [-0.1, -0.05) is 38.6 Å². The molecular formula is C16H22O6. The molecule has 0 aliphatic carbocycles. The molecule has 6 nitrogen and oxygen atoms in total. The van der Waals surface area contributed by atoms with Gasteiger partial charge in [0.15, 0.2) is 11.5 Å². The Labute approximate surface area is 129 Å². The molecule has 0 fully saturated rings. The van der Waals surface area contributed by atoms with Crippen molar-refractivity contribution in [3.05, 3.63) is 48.6 Å². The SMILES string of the molecule is C=C(C)C(=O)O.C=CC(=O)O.CCCc1cccc(O)c1O. The van der Waals surface area contributed by atoms with E-state index >= 15 is 0 Å². The molecule has 1 aromatic carbocycles. The second-order valence-electron chi connectivity index (χ2n) is 4.16. The molecule has 122 valence electrons. The van der Waals surface area contributed by atoms with Crippen molar-refractivity contribution < 1.29 is 30.0 Å². The third kappa shape index (κ3) is 11.1. The maximum atomic E-state index is 9.60. The van der Waals surface area contributed by atoms with Crippen LogP contribution in [0.2, 0.25) is 0 Å².